The van der Waals surface area contributed by atoms with Gasteiger partial charge < -0.3 is 5.32 Å². The summed E-state index contributed by atoms with van der Waals surface area (Å²) in [4.78, 5) is 0. The van der Waals surface area contributed by atoms with Gasteiger partial charge in [0.2, 0.25) is 0 Å². The lowest BCUT2D eigenvalue weighted by Crippen LogP contribution is -2.40. The summed E-state index contributed by atoms with van der Waals surface area (Å²) in [5.74, 6) is 0. The smallest absolute Gasteiger partial charge is 0.0458 e. The monoisotopic (exact) mass is 287 g/mol. The van der Waals surface area contributed by atoms with Gasteiger partial charge in [-0.15, -0.1) is 0 Å². The van der Waals surface area contributed by atoms with Gasteiger partial charge in [0.25, 0.3) is 0 Å². The fourth-order valence-corrected chi connectivity index (χ4v) is 2.90. The number of halogens is 2. The first kappa shape index (κ1) is 15.8. The van der Waals surface area contributed by atoms with E-state index in [-0.39, 0.29) is 5.41 Å². The molecule has 0 aromatic heterocycles. The van der Waals surface area contributed by atoms with Gasteiger partial charge in [-0.1, -0.05) is 57.0 Å². The molecule has 1 aromatic rings. The second kappa shape index (κ2) is 6.79. The van der Waals surface area contributed by atoms with E-state index in [1.807, 2.05) is 12.1 Å². The summed E-state index contributed by atoms with van der Waals surface area (Å²) in [6.45, 7) is 9.71. The van der Waals surface area contributed by atoms with E-state index in [9.17, 15) is 0 Å². The van der Waals surface area contributed by atoms with Gasteiger partial charge in [0.15, 0.2) is 0 Å². The number of benzene rings is 1. The summed E-state index contributed by atoms with van der Waals surface area (Å²) >= 11 is 12.4. The molecule has 0 aliphatic carbocycles. The summed E-state index contributed by atoms with van der Waals surface area (Å²) in [5.41, 5.74) is 1.29. The Bertz CT molecular complexity index is 384. The molecule has 0 saturated heterocycles. The van der Waals surface area contributed by atoms with Crippen molar-refractivity contribution in [1.29, 1.82) is 0 Å². The number of rotatable bonds is 6. The fraction of sp³-hybridized carbons (Fsp3) is 0.600. The summed E-state index contributed by atoms with van der Waals surface area (Å²) in [7, 11) is 0. The van der Waals surface area contributed by atoms with E-state index in [0.29, 0.717) is 11.1 Å². The van der Waals surface area contributed by atoms with Crippen LogP contribution in [0.2, 0.25) is 10.0 Å². The molecule has 1 aromatic carbocycles. The molecule has 102 valence electrons. The second-order valence-electron chi connectivity index (χ2n) is 5.15. The van der Waals surface area contributed by atoms with Crippen LogP contribution in [0.25, 0.3) is 0 Å². The lowest BCUT2D eigenvalue weighted by molar-refractivity contribution is 0.355. The molecular weight excluding hydrogens is 265 g/mol. The highest BCUT2D eigenvalue weighted by Crippen LogP contribution is 2.37. The van der Waals surface area contributed by atoms with E-state index >= 15 is 0 Å². The maximum Gasteiger partial charge on any atom is 0.0458 e. The van der Waals surface area contributed by atoms with Gasteiger partial charge in [-0.3, -0.25) is 0 Å². The molecule has 1 N–H and O–H groups in total. The van der Waals surface area contributed by atoms with Crippen molar-refractivity contribution in [3.63, 3.8) is 0 Å². The van der Waals surface area contributed by atoms with Crippen molar-refractivity contribution in [3.8, 4) is 0 Å². The largest absolute Gasteiger partial charge is 0.314 e. The molecule has 0 aliphatic rings. The van der Waals surface area contributed by atoms with Gasteiger partial charge >= 0.3 is 0 Å². The van der Waals surface area contributed by atoms with Gasteiger partial charge in [-0.25, -0.2) is 0 Å². The van der Waals surface area contributed by atoms with Crippen LogP contribution in [0.1, 0.15) is 46.1 Å². The molecule has 0 fully saturated rings. The highest BCUT2D eigenvalue weighted by molar-refractivity contribution is 6.35. The predicted octanol–water partition coefficient (Wildman–Crippen LogP) is 5.05. The minimum Gasteiger partial charge on any atom is -0.314 e. The van der Waals surface area contributed by atoms with Gasteiger partial charge in [0.1, 0.15) is 0 Å². The van der Waals surface area contributed by atoms with E-state index < -0.39 is 0 Å². The molecule has 0 amide bonds. The van der Waals surface area contributed by atoms with Gasteiger partial charge in [-0.2, -0.15) is 0 Å². The molecule has 1 nitrogen and oxygen atoms in total. The number of hydrogen-bond acceptors (Lipinski definition) is 1. The molecule has 0 spiro atoms. The van der Waals surface area contributed by atoms with Crippen LogP contribution in [-0.4, -0.2) is 12.6 Å². The van der Waals surface area contributed by atoms with E-state index in [0.717, 1.165) is 24.4 Å². The quantitative estimate of drug-likeness (QED) is 0.772. The fourth-order valence-electron chi connectivity index (χ4n) is 2.30. The van der Waals surface area contributed by atoms with Crippen molar-refractivity contribution in [3.05, 3.63) is 33.8 Å². The normalized spacial score (nSPS) is 12.2. The summed E-state index contributed by atoms with van der Waals surface area (Å²) in [6.07, 6.45) is 2.12. The van der Waals surface area contributed by atoms with Crippen molar-refractivity contribution in [2.45, 2.75) is 52.0 Å². The van der Waals surface area contributed by atoms with Crippen LogP contribution in [0.3, 0.4) is 0 Å². The van der Waals surface area contributed by atoms with Crippen LogP contribution in [0, 0.1) is 0 Å². The van der Waals surface area contributed by atoms with E-state index in [1.54, 1.807) is 0 Å². The maximum absolute atomic E-state index is 6.37. The first-order valence-corrected chi connectivity index (χ1v) is 7.39. The van der Waals surface area contributed by atoms with E-state index in [1.165, 1.54) is 5.56 Å². The van der Waals surface area contributed by atoms with E-state index in [2.05, 4.69) is 39.1 Å². The molecule has 0 radical (unpaired) electrons. The van der Waals surface area contributed by atoms with E-state index in [4.69, 9.17) is 23.2 Å². The Labute approximate surface area is 121 Å². The molecule has 0 unspecified atom stereocenters. The zero-order valence-electron chi connectivity index (χ0n) is 11.7. The van der Waals surface area contributed by atoms with Crippen molar-refractivity contribution in [2.75, 3.05) is 6.54 Å². The molecule has 0 heterocycles. The standard InChI is InChI=1S/C15H23Cl2N/c1-5-15(6-2,10-18-11(3)4)13-8-7-12(16)9-14(13)17/h7-9,11,18H,5-6,10H2,1-4H3. The van der Waals surface area contributed by atoms with Gasteiger partial charge in [0, 0.05) is 28.0 Å². The Morgan fingerprint density at radius 2 is 1.78 bits per heavy atom. The number of nitrogens with one attached hydrogen (secondary N) is 1. The second-order valence-corrected chi connectivity index (χ2v) is 5.99. The SMILES string of the molecule is CCC(CC)(CNC(C)C)c1ccc(Cl)cc1Cl. The Kier molecular flexibility index (Phi) is 5.97. The third-order valence-electron chi connectivity index (χ3n) is 3.70. The minimum absolute atomic E-state index is 0.0892. The minimum atomic E-state index is 0.0892. The van der Waals surface area contributed by atoms with Crippen LogP contribution in [0.15, 0.2) is 18.2 Å². The Balaban J connectivity index is 3.09. The van der Waals surface area contributed by atoms with Crippen molar-refractivity contribution in [1.82, 2.24) is 5.32 Å². The lowest BCUT2D eigenvalue weighted by atomic mass is 9.75. The van der Waals surface area contributed by atoms with Crippen LogP contribution in [-0.2, 0) is 5.41 Å². The molecule has 0 atom stereocenters. The predicted molar refractivity (Wildman–Crippen MR) is 81.9 cm³/mol. The summed E-state index contributed by atoms with van der Waals surface area (Å²) in [6, 6.07) is 6.32. The highest BCUT2D eigenvalue weighted by atomic mass is 35.5. The van der Waals surface area contributed by atoms with Gasteiger partial charge in [0.05, 0.1) is 0 Å². The lowest BCUT2D eigenvalue weighted by Gasteiger charge is -2.34. The van der Waals surface area contributed by atoms with Gasteiger partial charge in [-0.05, 0) is 30.5 Å². The third kappa shape index (κ3) is 3.63. The zero-order valence-corrected chi connectivity index (χ0v) is 13.2. The molecule has 0 aliphatic heterocycles. The van der Waals surface area contributed by atoms with Crippen LogP contribution < -0.4 is 5.32 Å². The topological polar surface area (TPSA) is 12.0 Å². The first-order valence-electron chi connectivity index (χ1n) is 6.64. The Hall–Kier alpha value is -0.240. The molecular formula is C15H23Cl2N. The van der Waals surface area contributed by atoms with Crippen molar-refractivity contribution < 1.29 is 0 Å². The molecule has 3 heteroatoms. The molecule has 0 bridgehead atoms. The number of hydrogen-bond donors (Lipinski definition) is 1. The molecule has 1 rings (SSSR count). The van der Waals surface area contributed by atoms with Crippen LogP contribution >= 0.6 is 23.2 Å². The third-order valence-corrected chi connectivity index (χ3v) is 4.25. The summed E-state index contributed by atoms with van der Waals surface area (Å²) < 4.78 is 0. The van der Waals surface area contributed by atoms with Crippen molar-refractivity contribution >= 4 is 23.2 Å². The van der Waals surface area contributed by atoms with Crippen LogP contribution in [0.5, 0.6) is 0 Å². The Morgan fingerprint density at radius 3 is 2.22 bits per heavy atom. The zero-order chi connectivity index (χ0) is 13.8. The maximum atomic E-state index is 6.37. The first-order chi connectivity index (χ1) is 8.45. The highest BCUT2D eigenvalue weighted by Gasteiger charge is 2.30. The Morgan fingerprint density at radius 1 is 1.17 bits per heavy atom. The summed E-state index contributed by atoms with van der Waals surface area (Å²) in [5, 5.41) is 5.01. The average Bonchev–Trinajstić information content (AvgIpc) is 2.32. The molecule has 0 saturated carbocycles. The average molecular weight is 288 g/mol. The van der Waals surface area contributed by atoms with Crippen molar-refractivity contribution in [2.24, 2.45) is 0 Å². The molecule has 18 heavy (non-hydrogen) atoms. The van der Waals surface area contributed by atoms with Crippen LogP contribution in [0.4, 0.5) is 0 Å².